The van der Waals surface area contributed by atoms with Gasteiger partial charge < -0.3 is 5.32 Å². The molecule has 0 aliphatic heterocycles. The third-order valence-electron chi connectivity index (χ3n) is 4.40. The van der Waals surface area contributed by atoms with Crippen LogP contribution in [0.3, 0.4) is 0 Å². The van der Waals surface area contributed by atoms with Gasteiger partial charge in [0, 0.05) is 12.5 Å². The fourth-order valence-corrected chi connectivity index (χ4v) is 4.48. The number of sulfone groups is 1. The van der Waals surface area contributed by atoms with Crippen LogP contribution >= 0.6 is 0 Å². The third-order valence-corrected chi connectivity index (χ3v) is 6.04. The van der Waals surface area contributed by atoms with Crippen molar-refractivity contribution in [3.8, 4) is 0 Å². The molecule has 1 heterocycles. The van der Waals surface area contributed by atoms with E-state index in [0.717, 1.165) is 36.9 Å². The highest BCUT2D eigenvalue weighted by atomic mass is 32.2. The fraction of sp³-hybridized carbons (Fsp3) is 0.667. The smallest absolute Gasteiger partial charge is 0.150 e. The number of aryl methyl sites for hydroxylation is 1. The molecule has 1 aromatic rings. The van der Waals surface area contributed by atoms with Crippen molar-refractivity contribution < 1.29 is 8.42 Å². The third kappa shape index (κ3) is 3.38. The molecule has 1 N–H and O–H groups in total. The van der Waals surface area contributed by atoms with Gasteiger partial charge in [-0.2, -0.15) is 0 Å². The van der Waals surface area contributed by atoms with Crippen LogP contribution in [-0.2, 0) is 9.84 Å². The van der Waals surface area contributed by atoms with E-state index in [1.165, 1.54) is 6.26 Å². The summed E-state index contributed by atoms with van der Waals surface area (Å²) in [4.78, 5) is 4.50. The molecule has 20 heavy (non-hydrogen) atoms. The first-order valence-corrected chi connectivity index (χ1v) is 9.16. The van der Waals surface area contributed by atoms with E-state index in [-0.39, 0.29) is 11.3 Å². The van der Waals surface area contributed by atoms with Gasteiger partial charge in [0.15, 0.2) is 0 Å². The van der Waals surface area contributed by atoms with Gasteiger partial charge >= 0.3 is 0 Å². The molecule has 5 heteroatoms. The van der Waals surface area contributed by atoms with E-state index in [0.29, 0.717) is 5.92 Å². The average Bonchev–Trinajstić information content (AvgIpc) is 2.41. The lowest BCUT2D eigenvalue weighted by Crippen LogP contribution is -2.35. The molecule has 4 nitrogen and oxygen atoms in total. The number of rotatable bonds is 4. The molecule has 1 aliphatic rings. The van der Waals surface area contributed by atoms with Crippen molar-refractivity contribution in [2.24, 2.45) is 5.92 Å². The summed E-state index contributed by atoms with van der Waals surface area (Å²) in [5.74, 6) is 0.335. The maximum atomic E-state index is 11.8. The maximum absolute atomic E-state index is 11.8. The van der Waals surface area contributed by atoms with Gasteiger partial charge in [-0.15, -0.1) is 0 Å². The quantitative estimate of drug-likeness (QED) is 0.926. The molecule has 2 rings (SSSR count). The van der Waals surface area contributed by atoms with Gasteiger partial charge in [0.2, 0.25) is 0 Å². The summed E-state index contributed by atoms with van der Waals surface area (Å²) >= 11 is 0. The van der Waals surface area contributed by atoms with Crippen molar-refractivity contribution in [3.63, 3.8) is 0 Å². The van der Waals surface area contributed by atoms with Crippen molar-refractivity contribution in [1.29, 1.82) is 0 Å². The minimum atomic E-state index is -2.94. The van der Waals surface area contributed by atoms with Gasteiger partial charge in [0.05, 0.1) is 17.0 Å². The monoisotopic (exact) mass is 296 g/mol. The van der Waals surface area contributed by atoms with Gasteiger partial charge in [0.25, 0.3) is 0 Å². The molecule has 1 fully saturated rings. The second-order valence-corrected chi connectivity index (χ2v) is 8.18. The van der Waals surface area contributed by atoms with E-state index >= 15 is 0 Å². The van der Waals surface area contributed by atoms with Crippen LogP contribution in [0.25, 0.3) is 0 Å². The first-order valence-electron chi connectivity index (χ1n) is 7.21. The molecule has 112 valence electrons. The summed E-state index contributed by atoms with van der Waals surface area (Å²) in [6.45, 7) is 2.06. The van der Waals surface area contributed by atoms with Crippen LogP contribution in [-0.4, -0.2) is 32.0 Å². The number of hydrogen-bond donors (Lipinski definition) is 1. The van der Waals surface area contributed by atoms with Crippen LogP contribution in [0.2, 0.25) is 0 Å². The van der Waals surface area contributed by atoms with E-state index < -0.39 is 9.84 Å². The normalized spacial score (nSPS) is 25.4. The predicted molar refractivity (Wildman–Crippen MR) is 81.4 cm³/mol. The van der Waals surface area contributed by atoms with E-state index in [2.05, 4.69) is 23.3 Å². The first kappa shape index (κ1) is 15.4. The topological polar surface area (TPSA) is 59.1 Å². The molecular weight excluding hydrogens is 272 g/mol. The van der Waals surface area contributed by atoms with Crippen LogP contribution in [0.5, 0.6) is 0 Å². The summed E-state index contributed by atoms with van der Waals surface area (Å²) in [5.41, 5.74) is 2.21. The molecule has 0 saturated heterocycles. The van der Waals surface area contributed by atoms with Gasteiger partial charge in [-0.05, 0) is 50.8 Å². The molecule has 1 aliphatic carbocycles. The van der Waals surface area contributed by atoms with E-state index in [9.17, 15) is 8.42 Å². The Bertz CT molecular complexity index is 557. The first-order chi connectivity index (χ1) is 9.43. The molecule has 3 atom stereocenters. The Balaban J connectivity index is 2.22. The van der Waals surface area contributed by atoms with Gasteiger partial charge in [-0.25, -0.2) is 8.42 Å². The highest BCUT2D eigenvalue weighted by Crippen LogP contribution is 2.36. The molecule has 3 unspecified atom stereocenters. The standard InChI is InChI=1S/C15H24N2O2S/c1-11-6-5-9-17-14(11)15(16-2)12-7-4-8-13(10-12)20(3,18)19/h5-6,9,12-13,15-16H,4,7-8,10H2,1-3H3. The molecular formula is C15H24N2O2S. The Morgan fingerprint density at radius 3 is 2.75 bits per heavy atom. The van der Waals surface area contributed by atoms with Crippen molar-refractivity contribution in [2.75, 3.05) is 13.3 Å². The van der Waals surface area contributed by atoms with Crippen LogP contribution in [0.4, 0.5) is 0 Å². The van der Waals surface area contributed by atoms with Crippen molar-refractivity contribution >= 4 is 9.84 Å². The molecule has 1 saturated carbocycles. The van der Waals surface area contributed by atoms with Crippen LogP contribution < -0.4 is 5.32 Å². The highest BCUT2D eigenvalue weighted by Gasteiger charge is 2.34. The van der Waals surface area contributed by atoms with Gasteiger partial charge in [-0.3, -0.25) is 4.98 Å². The lowest BCUT2D eigenvalue weighted by atomic mass is 9.81. The van der Waals surface area contributed by atoms with Crippen molar-refractivity contribution in [1.82, 2.24) is 10.3 Å². The number of hydrogen-bond acceptors (Lipinski definition) is 4. The summed E-state index contributed by atoms with van der Waals surface area (Å²) in [7, 11) is -1.01. The number of aromatic nitrogens is 1. The minimum absolute atomic E-state index is 0.140. The zero-order valence-corrected chi connectivity index (χ0v) is 13.3. The molecule has 0 amide bonds. The molecule has 0 aromatic carbocycles. The summed E-state index contributed by atoms with van der Waals surface area (Å²) < 4.78 is 23.6. The van der Waals surface area contributed by atoms with Crippen LogP contribution in [0.1, 0.15) is 43.0 Å². The zero-order chi connectivity index (χ0) is 14.8. The average molecular weight is 296 g/mol. The summed E-state index contributed by atoms with van der Waals surface area (Å²) in [5, 5.41) is 3.15. The predicted octanol–water partition coefficient (Wildman–Crippen LogP) is 2.25. The van der Waals surface area contributed by atoms with Crippen LogP contribution in [0.15, 0.2) is 18.3 Å². The van der Waals surface area contributed by atoms with E-state index in [1.54, 1.807) is 0 Å². The molecule has 0 bridgehead atoms. The SMILES string of the molecule is CNC(c1ncccc1C)C1CCCC(S(C)(=O)=O)C1. The maximum Gasteiger partial charge on any atom is 0.150 e. The molecule has 0 radical (unpaired) electrons. The second kappa shape index (κ2) is 6.22. The lowest BCUT2D eigenvalue weighted by Gasteiger charge is -2.34. The van der Waals surface area contributed by atoms with Crippen molar-refractivity contribution in [3.05, 3.63) is 29.6 Å². The van der Waals surface area contributed by atoms with E-state index in [1.807, 2.05) is 19.3 Å². The summed E-state index contributed by atoms with van der Waals surface area (Å²) in [6.07, 6.45) is 6.75. The van der Waals surface area contributed by atoms with Gasteiger partial charge in [-0.1, -0.05) is 12.5 Å². The Morgan fingerprint density at radius 2 is 2.15 bits per heavy atom. The van der Waals surface area contributed by atoms with Crippen molar-refractivity contribution in [2.45, 2.75) is 43.9 Å². The van der Waals surface area contributed by atoms with Gasteiger partial charge in [0.1, 0.15) is 9.84 Å². The Kier molecular flexibility index (Phi) is 4.81. The minimum Gasteiger partial charge on any atom is -0.311 e. The van der Waals surface area contributed by atoms with Crippen LogP contribution in [0, 0.1) is 12.8 Å². The Hall–Kier alpha value is -0.940. The number of nitrogens with zero attached hydrogens (tertiary/aromatic N) is 1. The highest BCUT2D eigenvalue weighted by molar-refractivity contribution is 7.91. The lowest BCUT2D eigenvalue weighted by molar-refractivity contribution is 0.278. The summed E-state index contributed by atoms with van der Waals surface area (Å²) in [6, 6.07) is 4.13. The Labute approximate surface area is 121 Å². The second-order valence-electron chi connectivity index (χ2n) is 5.85. The fourth-order valence-electron chi connectivity index (χ4n) is 3.29. The van der Waals surface area contributed by atoms with E-state index in [4.69, 9.17) is 0 Å². The number of nitrogens with one attached hydrogen (secondary N) is 1. The Morgan fingerprint density at radius 1 is 1.40 bits per heavy atom. The number of pyridine rings is 1. The largest absolute Gasteiger partial charge is 0.311 e. The zero-order valence-electron chi connectivity index (χ0n) is 12.5. The molecule has 0 spiro atoms. The molecule has 1 aromatic heterocycles.